The highest BCUT2D eigenvalue weighted by atomic mass is 16.2. The lowest BCUT2D eigenvalue weighted by Gasteiger charge is -2.18. The predicted molar refractivity (Wildman–Crippen MR) is 129 cm³/mol. The molecule has 0 saturated carbocycles. The van der Waals surface area contributed by atoms with Gasteiger partial charge in [0.1, 0.15) is 5.70 Å². The molecule has 6 nitrogen and oxygen atoms in total. The van der Waals surface area contributed by atoms with Gasteiger partial charge in [-0.3, -0.25) is 19.5 Å². The average Bonchev–Trinajstić information content (AvgIpc) is 3.45. The summed E-state index contributed by atoms with van der Waals surface area (Å²) in [4.78, 5) is 34.6. The van der Waals surface area contributed by atoms with Crippen LogP contribution in [0.25, 0.3) is 5.57 Å². The molecule has 166 valence electrons. The lowest BCUT2D eigenvalue weighted by molar-refractivity contribution is -0.137. The summed E-state index contributed by atoms with van der Waals surface area (Å²) in [5, 5.41) is 3.25. The molecule has 1 aromatic heterocycles. The van der Waals surface area contributed by atoms with Gasteiger partial charge < -0.3 is 10.2 Å². The van der Waals surface area contributed by atoms with E-state index >= 15 is 0 Å². The van der Waals surface area contributed by atoms with Crippen molar-refractivity contribution >= 4 is 28.8 Å². The van der Waals surface area contributed by atoms with Crippen LogP contribution in [0.1, 0.15) is 29.5 Å². The van der Waals surface area contributed by atoms with Crippen LogP contribution in [0.4, 0.5) is 11.4 Å². The number of hydrogen-bond acceptors (Lipinski definition) is 5. The van der Waals surface area contributed by atoms with E-state index in [1.165, 1.54) is 23.4 Å². The van der Waals surface area contributed by atoms with Crippen molar-refractivity contribution in [3.8, 4) is 0 Å². The van der Waals surface area contributed by atoms with Gasteiger partial charge in [0.2, 0.25) is 0 Å². The van der Waals surface area contributed by atoms with E-state index in [2.05, 4.69) is 27.3 Å². The minimum Gasteiger partial charge on any atom is -0.372 e. The summed E-state index contributed by atoms with van der Waals surface area (Å²) in [5.41, 5.74) is 5.28. The molecule has 1 N–H and O–H groups in total. The number of aromatic nitrogens is 1. The number of carbonyl (C=O) groups excluding carboxylic acids is 2. The Morgan fingerprint density at radius 1 is 0.909 bits per heavy atom. The summed E-state index contributed by atoms with van der Waals surface area (Å²) in [5.74, 6) is -0.632. The Kier molecular flexibility index (Phi) is 5.65. The standard InChI is InChI=1S/C27H26N4O2/c1-19-6-8-21(9-7-19)24-25(27(33)31(26(24)32)18-20-5-4-14-28-17-20)29-22-10-12-23(13-11-22)30-15-2-3-16-30/h4-14,17,29H,2-3,15-16,18H2,1H3. The van der Waals surface area contributed by atoms with E-state index in [0.717, 1.165) is 35.5 Å². The van der Waals surface area contributed by atoms with Gasteiger partial charge in [0.25, 0.3) is 11.8 Å². The van der Waals surface area contributed by atoms with E-state index < -0.39 is 0 Å². The molecule has 2 amide bonds. The zero-order valence-corrected chi connectivity index (χ0v) is 18.6. The maximum absolute atomic E-state index is 13.4. The predicted octanol–water partition coefficient (Wildman–Crippen LogP) is 4.38. The quantitative estimate of drug-likeness (QED) is 0.579. The number of benzene rings is 2. The third-order valence-corrected chi connectivity index (χ3v) is 6.18. The molecule has 0 unspecified atom stereocenters. The number of hydrogen-bond donors (Lipinski definition) is 1. The first-order valence-corrected chi connectivity index (χ1v) is 11.3. The van der Waals surface area contributed by atoms with Crippen molar-refractivity contribution in [2.24, 2.45) is 0 Å². The van der Waals surface area contributed by atoms with Crippen molar-refractivity contribution in [2.45, 2.75) is 26.3 Å². The Balaban J connectivity index is 1.47. The summed E-state index contributed by atoms with van der Waals surface area (Å²) >= 11 is 0. The minimum atomic E-state index is -0.331. The third kappa shape index (κ3) is 4.24. The van der Waals surface area contributed by atoms with Gasteiger partial charge in [-0.25, -0.2) is 0 Å². The third-order valence-electron chi connectivity index (χ3n) is 6.18. The normalized spacial score (nSPS) is 16.2. The van der Waals surface area contributed by atoms with Crippen molar-refractivity contribution in [1.82, 2.24) is 9.88 Å². The van der Waals surface area contributed by atoms with E-state index in [4.69, 9.17) is 0 Å². The molecule has 1 fully saturated rings. The fourth-order valence-corrected chi connectivity index (χ4v) is 4.37. The molecule has 0 bridgehead atoms. The van der Waals surface area contributed by atoms with E-state index in [0.29, 0.717) is 11.3 Å². The van der Waals surface area contributed by atoms with Crippen LogP contribution in [0.15, 0.2) is 78.8 Å². The van der Waals surface area contributed by atoms with E-state index in [-0.39, 0.29) is 18.4 Å². The van der Waals surface area contributed by atoms with Gasteiger partial charge in [0.05, 0.1) is 12.1 Å². The molecule has 6 heteroatoms. The van der Waals surface area contributed by atoms with Gasteiger partial charge in [-0.05, 0) is 61.2 Å². The highest BCUT2D eigenvalue weighted by Gasteiger charge is 2.39. The fourth-order valence-electron chi connectivity index (χ4n) is 4.37. The van der Waals surface area contributed by atoms with Crippen LogP contribution in [0.5, 0.6) is 0 Å². The van der Waals surface area contributed by atoms with Gasteiger partial charge in [-0.2, -0.15) is 0 Å². The molecule has 0 atom stereocenters. The number of nitrogens with zero attached hydrogens (tertiary/aromatic N) is 3. The molecule has 33 heavy (non-hydrogen) atoms. The van der Waals surface area contributed by atoms with Crippen molar-refractivity contribution < 1.29 is 9.59 Å². The van der Waals surface area contributed by atoms with Crippen molar-refractivity contribution in [3.05, 3.63) is 95.4 Å². The number of rotatable bonds is 6. The molecule has 5 rings (SSSR count). The number of amides is 2. The summed E-state index contributed by atoms with van der Waals surface area (Å²) in [6.45, 7) is 4.33. The lowest BCUT2D eigenvalue weighted by Crippen LogP contribution is -2.32. The van der Waals surface area contributed by atoms with Crippen LogP contribution in [0, 0.1) is 6.92 Å². The monoisotopic (exact) mass is 438 g/mol. The second-order valence-corrected chi connectivity index (χ2v) is 8.54. The van der Waals surface area contributed by atoms with Gasteiger partial charge in [-0.1, -0.05) is 35.9 Å². The molecule has 0 spiro atoms. The first-order chi connectivity index (χ1) is 16.1. The van der Waals surface area contributed by atoms with Crippen LogP contribution in [0.3, 0.4) is 0 Å². The Hall–Kier alpha value is -3.93. The molecule has 0 aliphatic carbocycles. The fraction of sp³-hybridized carbons (Fsp3) is 0.222. The molecule has 3 heterocycles. The van der Waals surface area contributed by atoms with Crippen LogP contribution >= 0.6 is 0 Å². The zero-order chi connectivity index (χ0) is 22.8. The minimum absolute atomic E-state index is 0.181. The Labute approximate surface area is 193 Å². The highest BCUT2D eigenvalue weighted by Crippen LogP contribution is 2.32. The van der Waals surface area contributed by atoms with Crippen LogP contribution in [0.2, 0.25) is 0 Å². The number of anilines is 2. The zero-order valence-electron chi connectivity index (χ0n) is 18.6. The van der Waals surface area contributed by atoms with Crippen molar-refractivity contribution in [3.63, 3.8) is 0 Å². The Morgan fingerprint density at radius 2 is 1.64 bits per heavy atom. The number of carbonyl (C=O) groups is 2. The second-order valence-electron chi connectivity index (χ2n) is 8.54. The van der Waals surface area contributed by atoms with Crippen molar-refractivity contribution in [1.29, 1.82) is 0 Å². The van der Waals surface area contributed by atoms with Crippen LogP contribution in [-0.2, 0) is 16.1 Å². The van der Waals surface area contributed by atoms with Gasteiger partial charge in [0, 0.05) is 36.9 Å². The molecular formula is C27H26N4O2. The molecule has 3 aromatic rings. The first kappa shape index (κ1) is 20.9. The summed E-state index contributed by atoms with van der Waals surface area (Å²) in [6.07, 6.45) is 5.78. The lowest BCUT2D eigenvalue weighted by atomic mass is 10.0. The van der Waals surface area contributed by atoms with Crippen LogP contribution in [-0.4, -0.2) is 34.8 Å². The van der Waals surface area contributed by atoms with Gasteiger partial charge >= 0.3 is 0 Å². The van der Waals surface area contributed by atoms with E-state index in [1.807, 2.05) is 49.4 Å². The SMILES string of the molecule is Cc1ccc(C2=C(Nc3ccc(N4CCCC4)cc3)C(=O)N(Cc3cccnc3)C2=O)cc1. The summed E-state index contributed by atoms with van der Waals surface area (Å²) in [6, 6.07) is 19.4. The molecule has 1 saturated heterocycles. The van der Waals surface area contributed by atoms with Gasteiger partial charge in [-0.15, -0.1) is 0 Å². The number of nitrogens with one attached hydrogen (secondary N) is 1. The average molecular weight is 439 g/mol. The molecule has 2 aliphatic heterocycles. The number of imide groups is 1. The molecular weight excluding hydrogens is 412 g/mol. The second kappa shape index (κ2) is 8.90. The highest BCUT2D eigenvalue weighted by molar-refractivity contribution is 6.36. The first-order valence-electron chi connectivity index (χ1n) is 11.3. The number of pyridine rings is 1. The van der Waals surface area contributed by atoms with Gasteiger partial charge in [0.15, 0.2) is 0 Å². The molecule has 2 aromatic carbocycles. The smallest absolute Gasteiger partial charge is 0.278 e. The van der Waals surface area contributed by atoms with Crippen molar-refractivity contribution in [2.75, 3.05) is 23.3 Å². The maximum Gasteiger partial charge on any atom is 0.278 e. The van der Waals surface area contributed by atoms with Crippen LogP contribution < -0.4 is 10.2 Å². The maximum atomic E-state index is 13.4. The molecule has 0 radical (unpaired) electrons. The summed E-state index contributed by atoms with van der Waals surface area (Å²) in [7, 11) is 0. The topological polar surface area (TPSA) is 65.5 Å². The Morgan fingerprint density at radius 3 is 2.30 bits per heavy atom. The largest absolute Gasteiger partial charge is 0.372 e. The number of aryl methyl sites for hydroxylation is 1. The Bertz CT molecular complexity index is 1200. The van der Waals surface area contributed by atoms with E-state index in [1.54, 1.807) is 18.5 Å². The van der Waals surface area contributed by atoms with E-state index in [9.17, 15) is 9.59 Å². The summed E-state index contributed by atoms with van der Waals surface area (Å²) < 4.78 is 0. The molecule has 2 aliphatic rings.